The smallest absolute Gasteiger partial charge is 0.393 e. The van der Waals surface area contributed by atoms with E-state index in [4.69, 9.17) is 0 Å². The van der Waals surface area contributed by atoms with Crippen molar-refractivity contribution in [3.63, 3.8) is 0 Å². The Morgan fingerprint density at radius 1 is 0.909 bits per heavy atom. The molecule has 2 aliphatic carbocycles. The van der Waals surface area contributed by atoms with Crippen LogP contribution in [0.2, 0.25) is 0 Å². The van der Waals surface area contributed by atoms with Gasteiger partial charge in [-0.15, -0.1) is 0 Å². The van der Waals surface area contributed by atoms with Crippen LogP contribution in [-0.2, 0) is 0 Å². The lowest BCUT2D eigenvalue weighted by molar-refractivity contribution is -0.347. The van der Waals surface area contributed by atoms with E-state index in [1.807, 2.05) is 6.92 Å². The summed E-state index contributed by atoms with van der Waals surface area (Å²) >= 11 is 0. The Morgan fingerprint density at radius 2 is 1.48 bits per heavy atom. The molecule has 0 radical (unpaired) electrons. The molecule has 33 heavy (non-hydrogen) atoms. The molecule has 2 saturated carbocycles. The molecule has 194 valence electrons. The third kappa shape index (κ3) is 5.89. The van der Waals surface area contributed by atoms with Crippen molar-refractivity contribution in [2.45, 2.75) is 115 Å². The standard InChI is InChI=1S/C24H38F6O3/c1-19(2,32)11-6-12-20(3,13-7-15-22(33,23(25,26)27)24(28,29)30)18-10-9-16-17(31)8-5-14-21(16,18)4/h7,15-18,31-33H,5-6,8-14H2,1-4H3/b15-7-/t16-,17-,18+,20?,21+/m0/s1. The second-order valence-electron chi connectivity index (χ2n) is 11.4. The molecule has 1 unspecified atom stereocenters. The molecule has 2 fully saturated rings. The highest BCUT2D eigenvalue weighted by atomic mass is 19.4. The van der Waals surface area contributed by atoms with Crippen LogP contribution in [-0.4, -0.2) is 45.0 Å². The van der Waals surface area contributed by atoms with E-state index < -0.39 is 35.1 Å². The minimum atomic E-state index is -5.89. The first-order chi connectivity index (χ1) is 14.8. The highest BCUT2D eigenvalue weighted by molar-refractivity contribution is 5.13. The van der Waals surface area contributed by atoms with Gasteiger partial charge in [0.15, 0.2) is 0 Å². The summed E-state index contributed by atoms with van der Waals surface area (Å²) < 4.78 is 78.6. The minimum Gasteiger partial charge on any atom is -0.393 e. The van der Waals surface area contributed by atoms with Gasteiger partial charge >= 0.3 is 12.4 Å². The summed E-state index contributed by atoms with van der Waals surface area (Å²) in [6.45, 7) is 7.27. The summed E-state index contributed by atoms with van der Waals surface area (Å²) in [4.78, 5) is 0. The van der Waals surface area contributed by atoms with Gasteiger partial charge in [-0.3, -0.25) is 0 Å². The molecule has 0 heterocycles. The first-order valence-electron chi connectivity index (χ1n) is 11.7. The van der Waals surface area contributed by atoms with E-state index in [0.717, 1.165) is 31.8 Å². The van der Waals surface area contributed by atoms with E-state index in [9.17, 15) is 41.7 Å². The maximum absolute atomic E-state index is 13.1. The van der Waals surface area contributed by atoms with Crippen LogP contribution < -0.4 is 0 Å². The molecule has 0 aromatic rings. The summed E-state index contributed by atoms with van der Waals surface area (Å²) in [5.74, 6) is 0.0393. The zero-order valence-corrected chi connectivity index (χ0v) is 19.9. The molecule has 0 aromatic carbocycles. The van der Waals surface area contributed by atoms with Crippen LogP contribution in [0.4, 0.5) is 26.3 Å². The number of hydrogen-bond acceptors (Lipinski definition) is 3. The summed E-state index contributed by atoms with van der Waals surface area (Å²) in [6, 6.07) is 0. The number of alkyl halides is 6. The number of hydrogen-bond donors (Lipinski definition) is 3. The van der Waals surface area contributed by atoms with Gasteiger partial charge in [-0.2, -0.15) is 26.3 Å². The summed E-state index contributed by atoms with van der Waals surface area (Å²) in [5, 5.41) is 30.1. The van der Waals surface area contributed by atoms with E-state index in [2.05, 4.69) is 6.92 Å². The van der Waals surface area contributed by atoms with Crippen LogP contribution in [0.5, 0.6) is 0 Å². The number of halogens is 6. The molecular formula is C24H38F6O3. The molecule has 0 aromatic heterocycles. The topological polar surface area (TPSA) is 60.7 Å². The SMILES string of the molecule is CC(C)(O)CCCC(C)(C/C=C\C(O)(C(F)(F)F)C(F)(F)F)[C@H]1CC[C@H]2[C@@H](O)CCC[C@@]12C. The Hall–Kier alpha value is -0.800. The van der Waals surface area contributed by atoms with Gasteiger partial charge in [0.2, 0.25) is 0 Å². The maximum Gasteiger partial charge on any atom is 0.429 e. The van der Waals surface area contributed by atoms with Gasteiger partial charge in [-0.1, -0.05) is 32.8 Å². The normalized spacial score (nSPS) is 31.6. The molecule has 5 atom stereocenters. The minimum absolute atomic E-state index is 0.0127. The molecule has 0 spiro atoms. The number of allylic oxidation sites excluding steroid dienone is 1. The predicted molar refractivity (Wildman–Crippen MR) is 113 cm³/mol. The highest BCUT2D eigenvalue weighted by Crippen LogP contribution is 2.62. The predicted octanol–water partition coefficient (Wildman–Crippen LogP) is 6.31. The van der Waals surface area contributed by atoms with Crippen molar-refractivity contribution < 1.29 is 41.7 Å². The van der Waals surface area contributed by atoms with Gasteiger partial charge in [-0.05, 0) is 87.5 Å². The highest BCUT2D eigenvalue weighted by Gasteiger charge is 2.69. The average Bonchev–Trinajstić information content (AvgIpc) is 2.97. The lowest BCUT2D eigenvalue weighted by Crippen LogP contribution is -2.55. The van der Waals surface area contributed by atoms with Crippen LogP contribution in [0.25, 0.3) is 0 Å². The van der Waals surface area contributed by atoms with Crippen molar-refractivity contribution in [2.75, 3.05) is 0 Å². The summed E-state index contributed by atoms with van der Waals surface area (Å²) in [5.41, 5.74) is -6.76. The van der Waals surface area contributed by atoms with E-state index in [0.29, 0.717) is 25.7 Å². The van der Waals surface area contributed by atoms with E-state index in [-0.39, 0.29) is 29.7 Å². The van der Waals surface area contributed by atoms with Gasteiger partial charge < -0.3 is 15.3 Å². The number of fused-ring (bicyclic) bond motifs is 1. The average molecular weight is 489 g/mol. The van der Waals surface area contributed by atoms with Crippen molar-refractivity contribution in [3.05, 3.63) is 12.2 Å². The third-order valence-corrected chi connectivity index (χ3v) is 8.27. The van der Waals surface area contributed by atoms with Gasteiger partial charge in [0.05, 0.1) is 11.7 Å². The van der Waals surface area contributed by atoms with Crippen molar-refractivity contribution in [1.29, 1.82) is 0 Å². The zero-order valence-electron chi connectivity index (χ0n) is 19.9. The summed E-state index contributed by atoms with van der Waals surface area (Å²) in [6.07, 6.45) is -6.29. The Morgan fingerprint density at radius 3 is 2.00 bits per heavy atom. The van der Waals surface area contributed by atoms with E-state index in [1.165, 1.54) is 0 Å². The van der Waals surface area contributed by atoms with Crippen LogP contribution in [0, 0.1) is 22.7 Å². The fourth-order valence-corrected chi connectivity index (χ4v) is 6.49. The van der Waals surface area contributed by atoms with Gasteiger partial charge in [0.25, 0.3) is 5.60 Å². The molecule has 0 bridgehead atoms. The largest absolute Gasteiger partial charge is 0.429 e. The molecule has 0 saturated heterocycles. The van der Waals surface area contributed by atoms with Crippen LogP contribution in [0.3, 0.4) is 0 Å². The Labute approximate surface area is 192 Å². The second-order valence-corrected chi connectivity index (χ2v) is 11.4. The van der Waals surface area contributed by atoms with Crippen LogP contribution in [0.1, 0.15) is 85.5 Å². The fraction of sp³-hybridized carbons (Fsp3) is 0.917. The molecule has 0 amide bonds. The Balaban J connectivity index is 2.35. The molecule has 2 aliphatic rings. The van der Waals surface area contributed by atoms with Gasteiger partial charge in [0, 0.05) is 0 Å². The molecule has 2 rings (SSSR count). The zero-order chi connectivity index (χ0) is 25.5. The van der Waals surface area contributed by atoms with E-state index in [1.54, 1.807) is 13.8 Å². The molecule has 3 N–H and O–H groups in total. The second kappa shape index (κ2) is 9.34. The first-order valence-corrected chi connectivity index (χ1v) is 11.7. The number of rotatable bonds is 8. The van der Waals surface area contributed by atoms with Crippen LogP contribution >= 0.6 is 0 Å². The lowest BCUT2D eigenvalue weighted by atomic mass is 9.56. The Bertz CT molecular complexity index is 682. The third-order valence-electron chi connectivity index (χ3n) is 8.27. The first kappa shape index (κ1) is 28.4. The fourth-order valence-electron chi connectivity index (χ4n) is 6.49. The quantitative estimate of drug-likeness (QED) is 0.277. The summed E-state index contributed by atoms with van der Waals surface area (Å²) in [7, 11) is 0. The van der Waals surface area contributed by atoms with Crippen molar-refractivity contribution in [2.24, 2.45) is 22.7 Å². The van der Waals surface area contributed by atoms with Gasteiger partial charge in [-0.25, -0.2) is 0 Å². The van der Waals surface area contributed by atoms with Crippen molar-refractivity contribution in [1.82, 2.24) is 0 Å². The number of aliphatic hydroxyl groups is 3. The van der Waals surface area contributed by atoms with Crippen LogP contribution in [0.15, 0.2) is 12.2 Å². The van der Waals surface area contributed by atoms with E-state index >= 15 is 0 Å². The number of aliphatic hydroxyl groups excluding tert-OH is 1. The maximum atomic E-state index is 13.1. The van der Waals surface area contributed by atoms with Crippen molar-refractivity contribution in [3.8, 4) is 0 Å². The Kier molecular flexibility index (Phi) is 8.05. The molecule has 9 heteroatoms. The molecule has 3 nitrogen and oxygen atoms in total. The monoisotopic (exact) mass is 488 g/mol. The lowest BCUT2D eigenvalue weighted by Gasteiger charge is -2.50. The molecule has 0 aliphatic heterocycles. The van der Waals surface area contributed by atoms with Gasteiger partial charge in [0.1, 0.15) is 0 Å². The molecular weight excluding hydrogens is 450 g/mol. The van der Waals surface area contributed by atoms with Crippen molar-refractivity contribution >= 4 is 0 Å².